The van der Waals surface area contributed by atoms with Gasteiger partial charge in [0.1, 0.15) is 5.67 Å². The second kappa shape index (κ2) is 4.19. The molecule has 0 bridgehead atoms. The monoisotopic (exact) mass is 208 g/mol. The van der Waals surface area contributed by atoms with Gasteiger partial charge in [-0.25, -0.2) is 4.39 Å². The number of alkyl halides is 1. The summed E-state index contributed by atoms with van der Waals surface area (Å²) >= 11 is 0. The average molecular weight is 208 g/mol. The zero-order valence-corrected chi connectivity index (χ0v) is 8.80. The summed E-state index contributed by atoms with van der Waals surface area (Å²) in [5.41, 5.74) is 6.33. The molecule has 1 fully saturated rings. The molecule has 2 nitrogen and oxygen atoms in total. The summed E-state index contributed by atoms with van der Waals surface area (Å²) in [6, 6.07) is 7.50. The molecular formula is C12H17FN2. The highest BCUT2D eigenvalue weighted by molar-refractivity contribution is 5.39. The van der Waals surface area contributed by atoms with E-state index in [1.165, 1.54) is 0 Å². The van der Waals surface area contributed by atoms with Gasteiger partial charge in [0.05, 0.1) is 0 Å². The van der Waals surface area contributed by atoms with E-state index >= 15 is 0 Å². The molecule has 0 radical (unpaired) electrons. The van der Waals surface area contributed by atoms with Gasteiger partial charge in [-0.2, -0.15) is 0 Å². The number of benzene rings is 1. The van der Waals surface area contributed by atoms with Gasteiger partial charge in [-0.15, -0.1) is 0 Å². The normalized spacial score (nSPS) is 20.1. The van der Waals surface area contributed by atoms with Crippen molar-refractivity contribution in [3.8, 4) is 0 Å². The predicted molar refractivity (Wildman–Crippen MR) is 60.5 cm³/mol. The third-order valence-corrected chi connectivity index (χ3v) is 3.00. The molecule has 3 heteroatoms. The van der Waals surface area contributed by atoms with Gasteiger partial charge in [-0.3, -0.25) is 0 Å². The van der Waals surface area contributed by atoms with Crippen LogP contribution < -0.4 is 11.1 Å². The van der Waals surface area contributed by atoms with Crippen LogP contribution in [0.5, 0.6) is 0 Å². The van der Waals surface area contributed by atoms with E-state index in [0.717, 1.165) is 24.3 Å². The first kappa shape index (κ1) is 10.4. The number of piperidine rings is 1. The molecule has 1 saturated heterocycles. The lowest BCUT2D eigenvalue weighted by Gasteiger charge is -2.30. The molecule has 3 N–H and O–H groups in total. The highest BCUT2D eigenvalue weighted by Gasteiger charge is 2.31. The van der Waals surface area contributed by atoms with E-state index < -0.39 is 5.67 Å². The molecule has 0 aromatic heterocycles. The summed E-state index contributed by atoms with van der Waals surface area (Å²) in [5, 5.41) is 3.17. The number of nitrogens with one attached hydrogen (secondary N) is 1. The number of hydrogen-bond donors (Lipinski definition) is 2. The number of nitrogen functional groups attached to an aromatic ring is 1. The van der Waals surface area contributed by atoms with Crippen molar-refractivity contribution in [2.45, 2.75) is 24.9 Å². The van der Waals surface area contributed by atoms with Crippen LogP contribution in [0.4, 0.5) is 10.1 Å². The first-order valence-electron chi connectivity index (χ1n) is 5.42. The van der Waals surface area contributed by atoms with E-state index in [2.05, 4.69) is 5.32 Å². The maximum Gasteiger partial charge on any atom is 0.117 e. The predicted octanol–water partition coefficient (Wildman–Crippen LogP) is 1.90. The van der Waals surface area contributed by atoms with Crippen LogP contribution in [0.1, 0.15) is 18.4 Å². The van der Waals surface area contributed by atoms with Gasteiger partial charge in [0, 0.05) is 12.1 Å². The van der Waals surface area contributed by atoms with Crippen molar-refractivity contribution in [1.29, 1.82) is 0 Å². The van der Waals surface area contributed by atoms with Crippen LogP contribution in [0, 0.1) is 0 Å². The molecule has 0 unspecified atom stereocenters. The fraction of sp³-hybridized carbons (Fsp3) is 0.500. The summed E-state index contributed by atoms with van der Waals surface area (Å²) in [7, 11) is 0. The standard InChI is InChI=1S/C12H17FN2/c13-12(5-7-15-8-6-12)9-10-1-3-11(14)4-2-10/h1-4,15H,5-9,14H2. The van der Waals surface area contributed by atoms with Gasteiger partial charge in [0.2, 0.25) is 0 Å². The Balaban J connectivity index is 2.03. The number of hydrogen-bond acceptors (Lipinski definition) is 2. The Morgan fingerprint density at radius 3 is 2.40 bits per heavy atom. The molecule has 0 aliphatic carbocycles. The van der Waals surface area contributed by atoms with Gasteiger partial charge >= 0.3 is 0 Å². The van der Waals surface area contributed by atoms with Crippen molar-refractivity contribution < 1.29 is 4.39 Å². The Morgan fingerprint density at radius 1 is 1.20 bits per heavy atom. The molecule has 82 valence electrons. The zero-order chi connectivity index (χ0) is 10.7. The largest absolute Gasteiger partial charge is 0.399 e. The first-order valence-corrected chi connectivity index (χ1v) is 5.42. The van der Waals surface area contributed by atoms with Crippen LogP contribution in [0.15, 0.2) is 24.3 Å². The van der Waals surface area contributed by atoms with E-state index in [4.69, 9.17) is 5.73 Å². The Morgan fingerprint density at radius 2 is 1.80 bits per heavy atom. The highest BCUT2D eigenvalue weighted by atomic mass is 19.1. The van der Waals surface area contributed by atoms with Crippen LogP contribution in [-0.4, -0.2) is 18.8 Å². The fourth-order valence-corrected chi connectivity index (χ4v) is 2.05. The quantitative estimate of drug-likeness (QED) is 0.728. The Hall–Kier alpha value is -1.09. The lowest BCUT2D eigenvalue weighted by molar-refractivity contribution is 0.116. The van der Waals surface area contributed by atoms with E-state index in [0.29, 0.717) is 19.3 Å². The van der Waals surface area contributed by atoms with Crippen molar-refractivity contribution in [1.82, 2.24) is 5.32 Å². The molecule has 0 spiro atoms. The summed E-state index contributed by atoms with van der Waals surface area (Å²) in [6.07, 6.45) is 1.73. The minimum atomic E-state index is -1.03. The molecule has 1 aromatic rings. The fourth-order valence-electron chi connectivity index (χ4n) is 2.05. The SMILES string of the molecule is Nc1ccc(CC2(F)CCNCC2)cc1. The van der Waals surface area contributed by atoms with Crippen molar-refractivity contribution in [2.75, 3.05) is 18.8 Å². The van der Waals surface area contributed by atoms with Gasteiger partial charge in [-0.1, -0.05) is 12.1 Å². The van der Waals surface area contributed by atoms with E-state index in [1.807, 2.05) is 24.3 Å². The smallest absolute Gasteiger partial charge is 0.117 e. The molecule has 1 aromatic carbocycles. The third kappa shape index (κ3) is 2.69. The summed E-state index contributed by atoms with van der Waals surface area (Å²) in [4.78, 5) is 0. The molecule has 1 aliphatic heterocycles. The molecule has 1 aliphatic rings. The van der Waals surface area contributed by atoms with Crippen LogP contribution in [0.3, 0.4) is 0 Å². The lowest BCUT2D eigenvalue weighted by atomic mass is 9.88. The lowest BCUT2D eigenvalue weighted by Crippen LogP contribution is -2.40. The minimum Gasteiger partial charge on any atom is -0.399 e. The molecule has 0 amide bonds. The molecule has 15 heavy (non-hydrogen) atoms. The second-order valence-corrected chi connectivity index (χ2v) is 4.32. The van der Waals surface area contributed by atoms with Crippen molar-refractivity contribution in [3.63, 3.8) is 0 Å². The zero-order valence-electron chi connectivity index (χ0n) is 8.80. The maximum atomic E-state index is 14.3. The summed E-state index contributed by atoms with van der Waals surface area (Å²) in [6.45, 7) is 1.57. The highest BCUT2D eigenvalue weighted by Crippen LogP contribution is 2.27. The summed E-state index contributed by atoms with van der Waals surface area (Å²) in [5.74, 6) is 0. The number of nitrogens with two attached hydrogens (primary N) is 1. The molecule has 0 saturated carbocycles. The van der Waals surface area contributed by atoms with Crippen molar-refractivity contribution in [2.24, 2.45) is 0 Å². The number of halogens is 1. The van der Waals surface area contributed by atoms with Gasteiger partial charge in [-0.05, 0) is 43.6 Å². The second-order valence-electron chi connectivity index (χ2n) is 4.32. The van der Waals surface area contributed by atoms with Gasteiger partial charge in [0.15, 0.2) is 0 Å². The molecular weight excluding hydrogens is 191 g/mol. The molecule has 2 rings (SSSR count). The van der Waals surface area contributed by atoms with Crippen LogP contribution >= 0.6 is 0 Å². The van der Waals surface area contributed by atoms with E-state index in [-0.39, 0.29) is 0 Å². The number of anilines is 1. The Labute approximate surface area is 89.7 Å². The Kier molecular flexibility index (Phi) is 2.91. The van der Waals surface area contributed by atoms with Crippen molar-refractivity contribution in [3.05, 3.63) is 29.8 Å². The van der Waals surface area contributed by atoms with Gasteiger partial charge < -0.3 is 11.1 Å². The first-order chi connectivity index (χ1) is 7.18. The maximum absolute atomic E-state index is 14.3. The van der Waals surface area contributed by atoms with Crippen LogP contribution in [0.25, 0.3) is 0 Å². The summed E-state index contributed by atoms with van der Waals surface area (Å²) < 4.78 is 14.3. The minimum absolute atomic E-state index is 0.509. The third-order valence-electron chi connectivity index (χ3n) is 3.00. The van der Waals surface area contributed by atoms with Crippen molar-refractivity contribution >= 4 is 5.69 Å². The van der Waals surface area contributed by atoms with Crippen LogP contribution in [-0.2, 0) is 6.42 Å². The van der Waals surface area contributed by atoms with Gasteiger partial charge in [0.25, 0.3) is 0 Å². The average Bonchev–Trinajstić information content (AvgIpc) is 2.22. The topological polar surface area (TPSA) is 38.0 Å². The molecule has 1 heterocycles. The Bertz CT molecular complexity index is 315. The molecule has 0 atom stereocenters. The van der Waals surface area contributed by atoms with E-state index in [1.54, 1.807) is 0 Å². The van der Waals surface area contributed by atoms with E-state index in [9.17, 15) is 4.39 Å². The van der Waals surface area contributed by atoms with Crippen LogP contribution in [0.2, 0.25) is 0 Å². The number of rotatable bonds is 2.